The van der Waals surface area contributed by atoms with Gasteiger partial charge in [0.05, 0.1) is 23.5 Å². The maximum absolute atomic E-state index is 13.3. The normalized spacial score (nSPS) is 20.8. The van der Waals surface area contributed by atoms with Gasteiger partial charge < -0.3 is 19.1 Å². The lowest BCUT2D eigenvalue weighted by molar-refractivity contribution is -0.172. The van der Waals surface area contributed by atoms with Crippen molar-refractivity contribution in [2.45, 2.75) is 57.4 Å². The van der Waals surface area contributed by atoms with Gasteiger partial charge in [-0.05, 0) is 38.0 Å². The van der Waals surface area contributed by atoms with E-state index in [0.29, 0.717) is 46.7 Å². The fraction of sp³-hybridized carbons (Fsp3) is 0.375. The van der Waals surface area contributed by atoms with E-state index in [9.17, 15) is 14.7 Å². The minimum absolute atomic E-state index is 0.100. The van der Waals surface area contributed by atoms with Crippen molar-refractivity contribution in [1.82, 2.24) is 9.55 Å². The molecule has 2 atom stereocenters. The van der Waals surface area contributed by atoms with Crippen molar-refractivity contribution in [3.05, 3.63) is 57.4 Å². The molecule has 8 heteroatoms. The van der Waals surface area contributed by atoms with E-state index < -0.39 is 16.6 Å². The summed E-state index contributed by atoms with van der Waals surface area (Å²) in [6.45, 7) is 5.62. The molecule has 0 aliphatic carbocycles. The summed E-state index contributed by atoms with van der Waals surface area (Å²) < 4.78 is 12.8. The number of carbonyl (C=O) groups is 1. The van der Waals surface area contributed by atoms with E-state index in [-0.39, 0.29) is 18.6 Å². The summed E-state index contributed by atoms with van der Waals surface area (Å²) in [4.78, 5) is 30.4. The Labute approximate surface area is 189 Å². The van der Waals surface area contributed by atoms with Gasteiger partial charge in [-0.1, -0.05) is 37.6 Å². The van der Waals surface area contributed by atoms with Gasteiger partial charge in [0.1, 0.15) is 17.9 Å². The van der Waals surface area contributed by atoms with Crippen LogP contribution in [0.1, 0.15) is 50.3 Å². The topological polar surface area (TPSA) is 90.6 Å². The highest BCUT2D eigenvalue weighted by Crippen LogP contribution is 2.40. The lowest BCUT2D eigenvalue weighted by atomic mass is 9.86. The Morgan fingerprint density at radius 2 is 2.09 bits per heavy atom. The van der Waals surface area contributed by atoms with Gasteiger partial charge in [0.2, 0.25) is 0 Å². The molecule has 7 nitrogen and oxygen atoms in total. The molecule has 0 fully saturated rings. The van der Waals surface area contributed by atoms with Crippen LogP contribution in [0.4, 0.5) is 0 Å². The van der Waals surface area contributed by atoms with Crippen molar-refractivity contribution in [2.75, 3.05) is 0 Å². The first-order chi connectivity index (χ1) is 15.2. The molecule has 1 N–H and O–H groups in total. The standard InChI is InChI=1S/C24H23ClN2O5/c1-4-23(3,25)32-18-8-6-7-13-9-14-11-27-17(19(14)26-20(13)18)10-16-15(21(27)28)12-31-22(29)24(16,30)5-2/h6-10,30H,4-5,11-12H2,1-3H3/t23?,24-/m0/s1. The van der Waals surface area contributed by atoms with Gasteiger partial charge in [0.25, 0.3) is 5.56 Å². The number of esters is 1. The zero-order valence-corrected chi connectivity index (χ0v) is 18.8. The molecule has 0 saturated carbocycles. The molecule has 2 aromatic heterocycles. The summed E-state index contributed by atoms with van der Waals surface area (Å²) >= 11 is 6.45. The fourth-order valence-electron chi connectivity index (χ4n) is 4.36. The first-order valence-electron chi connectivity index (χ1n) is 10.7. The predicted molar refractivity (Wildman–Crippen MR) is 120 cm³/mol. The second-order valence-electron chi connectivity index (χ2n) is 8.48. The van der Waals surface area contributed by atoms with Crippen molar-refractivity contribution in [3.8, 4) is 17.1 Å². The number of nitrogens with zero attached hydrogens (tertiary/aromatic N) is 2. The number of para-hydroxylation sites is 1. The van der Waals surface area contributed by atoms with E-state index in [4.69, 9.17) is 26.1 Å². The van der Waals surface area contributed by atoms with Gasteiger partial charge in [-0.15, -0.1) is 0 Å². The lowest BCUT2D eigenvalue weighted by Crippen LogP contribution is -2.44. The van der Waals surface area contributed by atoms with Gasteiger partial charge in [-0.2, -0.15) is 0 Å². The van der Waals surface area contributed by atoms with E-state index in [1.807, 2.05) is 31.2 Å². The average Bonchev–Trinajstić information content (AvgIpc) is 3.13. The maximum Gasteiger partial charge on any atom is 0.343 e. The Hall–Kier alpha value is -2.90. The SMILES string of the molecule is CCC(C)(Cl)Oc1cccc2cc3c(nc12)-c1cc2c(c(=O)n1C3)COC(=O)[C@]2(O)CC. The summed E-state index contributed by atoms with van der Waals surface area (Å²) in [5.41, 5.74) is 1.17. The number of rotatable bonds is 4. The van der Waals surface area contributed by atoms with Gasteiger partial charge in [0.15, 0.2) is 10.7 Å². The third-order valence-corrected chi connectivity index (χ3v) is 6.80. The summed E-state index contributed by atoms with van der Waals surface area (Å²) in [7, 11) is 0. The zero-order valence-electron chi connectivity index (χ0n) is 18.1. The third kappa shape index (κ3) is 2.95. The Kier molecular flexibility index (Phi) is 4.62. The molecule has 32 heavy (non-hydrogen) atoms. The van der Waals surface area contributed by atoms with Crippen LogP contribution in [0.15, 0.2) is 35.1 Å². The molecular weight excluding hydrogens is 432 g/mol. The monoisotopic (exact) mass is 454 g/mol. The first-order valence-corrected chi connectivity index (χ1v) is 11.0. The van der Waals surface area contributed by atoms with E-state index in [1.54, 1.807) is 24.5 Å². The molecule has 1 aromatic carbocycles. The van der Waals surface area contributed by atoms with E-state index in [2.05, 4.69) is 0 Å². The van der Waals surface area contributed by atoms with Crippen molar-refractivity contribution in [1.29, 1.82) is 0 Å². The number of carbonyl (C=O) groups excluding carboxylic acids is 1. The number of benzene rings is 1. The fourth-order valence-corrected chi connectivity index (χ4v) is 4.45. The molecule has 2 aliphatic rings. The van der Waals surface area contributed by atoms with Gasteiger partial charge in [-0.3, -0.25) is 4.79 Å². The molecule has 4 heterocycles. The van der Waals surface area contributed by atoms with Crippen LogP contribution in [0.25, 0.3) is 22.3 Å². The van der Waals surface area contributed by atoms with Gasteiger partial charge >= 0.3 is 5.97 Å². The number of hydrogen-bond donors (Lipinski definition) is 1. The number of alkyl halides is 1. The highest BCUT2D eigenvalue weighted by Gasteiger charge is 2.45. The quantitative estimate of drug-likeness (QED) is 0.372. The van der Waals surface area contributed by atoms with Crippen LogP contribution < -0.4 is 10.3 Å². The largest absolute Gasteiger partial charge is 0.470 e. The number of cyclic esters (lactones) is 1. The highest BCUT2D eigenvalue weighted by atomic mass is 35.5. The lowest BCUT2D eigenvalue weighted by Gasteiger charge is -2.31. The van der Waals surface area contributed by atoms with E-state index >= 15 is 0 Å². The van der Waals surface area contributed by atoms with Crippen LogP contribution in [-0.2, 0) is 28.3 Å². The van der Waals surface area contributed by atoms with Gasteiger partial charge in [0, 0.05) is 16.5 Å². The van der Waals surface area contributed by atoms with Crippen LogP contribution in [0.3, 0.4) is 0 Å². The van der Waals surface area contributed by atoms with Crippen LogP contribution >= 0.6 is 11.6 Å². The highest BCUT2D eigenvalue weighted by molar-refractivity contribution is 6.22. The van der Waals surface area contributed by atoms with Crippen molar-refractivity contribution in [2.24, 2.45) is 0 Å². The van der Waals surface area contributed by atoms with Crippen molar-refractivity contribution in [3.63, 3.8) is 0 Å². The molecule has 166 valence electrons. The number of ether oxygens (including phenoxy) is 2. The first kappa shape index (κ1) is 21.0. The summed E-state index contributed by atoms with van der Waals surface area (Å²) in [5, 5.41) is 11.0. The predicted octanol–water partition coefficient (Wildman–Crippen LogP) is 3.82. The molecular formula is C24H23ClN2O5. The summed E-state index contributed by atoms with van der Waals surface area (Å²) in [5.74, 6) is -0.185. The molecule has 0 bridgehead atoms. The van der Waals surface area contributed by atoms with Crippen molar-refractivity contribution >= 4 is 28.5 Å². The Morgan fingerprint density at radius 1 is 1.31 bits per heavy atom. The van der Waals surface area contributed by atoms with Crippen LogP contribution in [0, 0.1) is 0 Å². The number of fused-ring (bicyclic) bond motifs is 5. The zero-order chi connectivity index (χ0) is 22.8. The molecule has 3 aromatic rings. The number of pyridine rings is 2. The molecule has 1 unspecified atom stereocenters. The van der Waals surface area contributed by atoms with Gasteiger partial charge in [-0.25, -0.2) is 9.78 Å². The summed E-state index contributed by atoms with van der Waals surface area (Å²) in [6, 6.07) is 9.32. The molecule has 0 spiro atoms. The number of aliphatic hydroxyl groups is 1. The van der Waals surface area contributed by atoms with E-state index in [1.165, 1.54) is 0 Å². The van der Waals surface area contributed by atoms with E-state index in [0.717, 1.165) is 10.9 Å². The maximum atomic E-state index is 13.3. The minimum Gasteiger partial charge on any atom is -0.470 e. The Bertz CT molecular complexity index is 1350. The third-order valence-electron chi connectivity index (χ3n) is 6.46. The number of aromatic nitrogens is 2. The summed E-state index contributed by atoms with van der Waals surface area (Å²) in [6.07, 6.45) is 0.703. The second kappa shape index (κ2) is 7.05. The number of halogens is 1. The van der Waals surface area contributed by atoms with Crippen LogP contribution in [-0.4, -0.2) is 25.7 Å². The molecule has 5 rings (SSSR count). The molecule has 0 saturated heterocycles. The molecule has 0 radical (unpaired) electrons. The van der Waals surface area contributed by atoms with Crippen LogP contribution in [0.2, 0.25) is 0 Å². The molecule has 0 amide bonds. The second-order valence-corrected chi connectivity index (χ2v) is 9.28. The minimum atomic E-state index is -1.85. The Balaban J connectivity index is 1.73. The Morgan fingerprint density at radius 3 is 2.81 bits per heavy atom. The number of hydrogen-bond acceptors (Lipinski definition) is 6. The molecule has 2 aliphatic heterocycles. The smallest absolute Gasteiger partial charge is 0.343 e. The van der Waals surface area contributed by atoms with Crippen LogP contribution in [0.5, 0.6) is 5.75 Å². The van der Waals surface area contributed by atoms with Crippen molar-refractivity contribution < 1.29 is 19.4 Å². The average molecular weight is 455 g/mol.